The Kier molecular flexibility index (Phi) is 4.92. The Morgan fingerprint density at radius 2 is 1.57 bits per heavy atom. The number of hydrogen-bond acceptors (Lipinski definition) is 3. The Morgan fingerprint density at radius 3 is 2.10 bits per heavy atom. The molecule has 2 N–H and O–H groups in total. The summed E-state index contributed by atoms with van der Waals surface area (Å²) in [6.45, 7) is 3.40. The number of likely N-dealkylation sites (tertiary alicyclic amines) is 1. The van der Waals surface area contributed by atoms with Gasteiger partial charge in [0.2, 0.25) is 0 Å². The first kappa shape index (κ1) is 15.8. The molecule has 21 heavy (non-hydrogen) atoms. The zero-order valence-electron chi connectivity index (χ0n) is 13.9. The van der Waals surface area contributed by atoms with Crippen molar-refractivity contribution in [3.63, 3.8) is 0 Å². The molecular formula is C18H34N2O. The van der Waals surface area contributed by atoms with Crippen LogP contribution in [0.5, 0.6) is 0 Å². The van der Waals surface area contributed by atoms with Crippen molar-refractivity contribution in [1.29, 1.82) is 0 Å². The van der Waals surface area contributed by atoms with Crippen LogP contribution in [-0.4, -0.2) is 43.3 Å². The predicted molar refractivity (Wildman–Crippen MR) is 87.4 cm³/mol. The second kappa shape index (κ2) is 6.55. The molecule has 0 aromatic rings. The van der Waals surface area contributed by atoms with E-state index in [4.69, 9.17) is 10.5 Å². The van der Waals surface area contributed by atoms with Crippen LogP contribution in [0.15, 0.2) is 0 Å². The van der Waals surface area contributed by atoms with Crippen LogP contribution < -0.4 is 5.73 Å². The minimum atomic E-state index is 0.283. The largest absolute Gasteiger partial charge is 0.381 e. The molecule has 1 spiro atoms. The number of ether oxygens (including phenoxy) is 1. The first-order chi connectivity index (χ1) is 10.2. The molecular weight excluding hydrogens is 260 g/mol. The van der Waals surface area contributed by atoms with Crippen molar-refractivity contribution in [3.05, 3.63) is 0 Å². The highest BCUT2D eigenvalue weighted by Gasteiger charge is 2.44. The normalized spacial score (nSPS) is 37.7. The van der Waals surface area contributed by atoms with Gasteiger partial charge >= 0.3 is 0 Å². The van der Waals surface area contributed by atoms with E-state index in [1.54, 1.807) is 0 Å². The zero-order valence-corrected chi connectivity index (χ0v) is 13.9. The fraction of sp³-hybridized carbons (Fsp3) is 1.00. The lowest BCUT2D eigenvalue weighted by Crippen LogP contribution is -2.59. The topological polar surface area (TPSA) is 38.5 Å². The maximum absolute atomic E-state index is 6.24. The summed E-state index contributed by atoms with van der Waals surface area (Å²) in [6, 6.07) is 0. The van der Waals surface area contributed by atoms with Crippen LogP contribution in [0.4, 0.5) is 0 Å². The highest BCUT2D eigenvalue weighted by atomic mass is 16.5. The number of methoxy groups -OCH3 is 1. The van der Waals surface area contributed by atoms with E-state index >= 15 is 0 Å². The molecule has 2 saturated carbocycles. The summed E-state index contributed by atoms with van der Waals surface area (Å²) in [6.07, 6.45) is 15.5. The quantitative estimate of drug-likeness (QED) is 0.868. The van der Waals surface area contributed by atoms with Crippen molar-refractivity contribution in [2.75, 3.05) is 26.7 Å². The van der Waals surface area contributed by atoms with E-state index < -0.39 is 0 Å². The van der Waals surface area contributed by atoms with Gasteiger partial charge in [-0.25, -0.2) is 0 Å². The third kappa shape index (κ3) is 3.16. The number of rotatable bonds is 3. The first-order valence-corrected chi connectivity index (χ1v) is 9.20. The number of nitrogens with two attached hydrogens (primary N) is 1. The van der Waals surface area contributed by atoms with E-state index in [0.717, 1.165) is 6.54 Å². The van der Waals surface area contributed by atoms with Crippen molar-refractivity contribution in [1.82, 2.24) is 4.90 Å². The van der Waals surface area contributed by atoms with Crippen LogP contribution in [0.2, 0.25) is 0 Å². The zero-order chi connectivity index (χ0) is 14.8. The lowest BCUT2D eigenvalue weighted by Gasteiger charge is -2.53. The van der Waals surface area contributed by atoms with Gasteiger partial charge in [-0.15, -0.1) is 0 Å². The number of nitrogens with zero attached hydrogens (tertiary/aromatic N) is 1. The van der Waals surface area contributed by atoms with E-state index in [-0.39, 0.29) is 5.54 Å². The van der Waals surface area contributed by atoms with Crippen molar-refractivity contribution in [2.24, 2.45) is 11.1 Å². The standard InChI is InChI=1S/C18H34N2O/c1-21-16-5-9-18(15-19,10-6-16)20-13-11-17(12-14-20)7-3-2-4-8-17/h16H,2-15,19H2,1H3. The maximum atomic E-state index is 6.24. The van der Waals surface area contributed by atoms with E-state index in [1.807, 2.05) is 7.11 Å². The monoisotopic (exact) mass is 294 g/mol. The molecule has 1 saturated heterocycles. The highest BCUT2D eigenvalue weighted by Crippen LogP contribution is 2.46. The summed E-state index contributed by atoms with van der Waals surface area (Å²) in [5.74, 6) is 0. The molecule has 2 aliphatic carbocycles. The minimum absolute atomic E-state index is 0.283. The van der Waals surface area contributed by atoms with E-state index in [9.17, 15) is 0 Å². The first-order valence-electron chi connectivity index (χ1n) is 9.20. The molecule has 3 nitrogen and oxygen atoms in total. The maximum Gasteiger partial charge on any atom is 0.0572 e. The van der Waals surface area contributed by atoms with Gasteiger partial charge in [0.05, 0.1) is 6.10 Å². The summed E-state index contributed by atoms with van der Waals surface area (Å²) in [7, 11) is 1.85. The molecule has 3 rings (SSSR count). The van der Waals surface area contributed by atoms with Gasteiger partial charge in [-0.1, -0.05) is 19.3 Å². The minimum Gasteiger partial charge on any atom is -0.381 e. The van der Waals surface area contributed by atoms with E-state index in [0.29, 0.717) is 11.5 Å². The predicted octanol–water partition coefficient (Wildman–Crippen LogP) is 3.32. The molecule has 0 radical (unpaired) electrons. The van der Waals surface area contributed by atoms with Gasteiger partial charge in [0, 0.05) is 19.2 Å². The third-order valence-corrected chi connectivity index (χ3v) is 6.99. The molecule has 0 atom stereocenters. The molecule has 0 aromatic carbocycles. The molecule has 0 amide bonds. The molecule has 3 heteroatoms. The highest BCUT2D eigenvalue weighted by molar-refractivity contribution is 5.00. The second-order valence-electron chi connectivity index (χ2n) is 7.91. The van der Waals surface area contributed by atoms with Gasteiger partial charge in [0.25, 0.3) is 0 Å². The average Bonchev–Trinajstić information content (AvgIpc) is 2.56. The second-order valence-corrected chi connectivity index (χ2v) is 7.91. The van der Waals surface area contributed by atoms with Gasteiger partial charge in [-0.3, -0.25) is 4.90 Å². The van der Waals surface area contributed by atoms with Gasteiger partial charge in [0.15, 0.2) is 0 Å². The van der Waals surface area contributed by atoms with Crippen LogP contribution in [0.3, 0.4) is 0 Å². The Morgan fingerprint density at radius 1 is 0.952 bits per heavy atom. The fourth-order valence-electron chi connectivity index (χ4n) is 5.27. The molecule has 1 aliphatic heterocycles. The molecule has 0 bridgehead atoms. The summed E-state index contributed by atoms with van der Waals surface area (Å²) in [4.78, 5) is 2.76. The Bertz CT molecular complexity index is 320. The van der Waals surface area contributed by atoms with Crippen LogP contribution in [0.1, 0.15) is 70.6 Å². The molecule has 1 heterocycles. The van der Waals surface area contributed by atoms with Gasteiger partial charge < -0.3 is 10.5 Å². The lowest BCUT2D eigenvalue weighted by molar-refractivity contribution is -0.0402. The van der Waals surface area contributed by atoms with Crippen LogP contribution in [0, 0.1) is 5.41 Å². The molecule has 3 fully saturated rings. The summed E-state index contributed by atoms with van der Waals surface area (Å²) >= 11 is 0. The van der Waals surface area contributed by atoms with Crippen molar-refractivity contribution < 1.29 is 4.74 Å². The van der Waals surface area contributed by atoms with Crippen LogP contribution in [0.25, 0.3) is 0 Å². The molecule has 0 aromatic heterocycles. The Labute approximate surface area is 130 Å². The average molecular weight is 294 g/mol. The Balaban J connectivity index is 1.59. The van der Waals surface area contributed by atoms with E-state index in [2.05, 4.69) is 4.90 Å². The fourth-order valence-corrected chi connectivity index (χ4v) is 5.27. The van der Waals surface area contributed by atoms with Gasteiger partial charge in [-0.2, -0.15) is 0 Å². The molecule has 3 aliphatic rings. The summed E-state index contributed by atoms with van der Waals surface area (Å²) in [5, 5.41) is 0. The lowest BCUT2D eigenvalue weighted by atomic mass is 9.67. The summed E-state index contributed by atoms with van der Waals surface area (Å²) in [5.41, 5.74) is 7.23. The third-order valence-electron chi connectivity index (χ3n) is 6.99. The molecule has 0 unspecified atom stereocenters. The summed E-state index contributed by atoms with van der Waals surface area (Å²) < 4.78 is 5.55. The van der Waals surface area contributed by atoms with Crippen LogP contribution in [-0.2, 0) is 4.74 Å². The smallest absolute Gasteiger partial charge is 0.0572 e. The van der Waals surface area contributed by atoms with Crippen LogP contribution >= 0.6 is 0 Å². The van der Waals surface area contributed by atoms with Gasteiger partial charge in [0.1, 0.15) is 0 Å². The van der Waals surface area contributed by atoms with Gasteiger partial charge in [-0.05, 0) is 69.9 Å². The van der Waals surface area contributed by atoms with Crippen molar-refractivity contribution >= 4 is 0 Å². The number of piperidine rings is 1. The Hall–Kier alpha value is -0.120. The number of hydrogen-bond donors (Lipinski definition) is 1. The SMILES string of the molecule is COC1CCC(CN)(N2CCC3(CCCCC3)CC2)CC1. The molecule has 122 valence electrons. The van der Waals surface area contributed by atoms with E-state index in [1.165, 1.54) is 83.7 Å². The van der Waals surface area contributed by atoms with Crippen molar-refractivity contribution in [2.45, 2.75) is 82.3 Å². The van der Waals surface area contributed by atoms with Crippen molar-refractivity contribution in [3.8, 4) is 0 Å².